The van der Waals surface area contributed by atoms with Gasteiger partial charge in [-0.2, -0.15) is 5.26 Å². The lowest BCUT2D eigenvalue weighted by molar-refractivity contribution is 0.0304. The molecule has 0 bridgehead atoms. The Labute approximate surface area is 147 Å². The van der Waals surface area contributed by atoms with Crippen LogP contribution in [0.4, 0.5) is 10.5 Å². The maximum absolute atomic E-state index is 12.2. The van der Waals surface area contributed by atoms with Gasteiger partial charge in [0.15, 0.2) is 0 Å². The van der Waals surface area contributed by atoms with Crippen LogP contribution in [0.25, 0.3) is 0 Å². The minimum Gasteiger partial charge on any atom is -0.490 e. The highest BCUT2D eigenvalue weighted by Crippen LogP contribution is 2.49. The van der Waals surface area contributed by atoms with Crippen LogP contribution in [0.3, 0.4) is 0 Å². The molecule has 0 radical (unpaired) electrons. The van der Waals surface area contributed by atoms with E-state index in [1.807, 2.05) is 6.07 Å². The van der Waals surface area contributed by atoms with Crippen LogP contribution in [0.2, 0.25) is 0 Å². The quantitative estimate of drug-likeness (QED) is 0.788. The first kappa shape index (κ1) is 16.2. The molecule has 0 atom stereocenters. The first-order chi connectivity index (χ1) is 12.1. The molecule has 4 rings (SSSR count). The molecule has 2 amide bonds. The van der Waals surface area contributed by atoms with Crippen molar-refractivity contribution in [3.05, 3.63) is 23.3 Å². The SMILES string of the molecule is N#Cc1ccc(OC2CC(CO)C2)c2c1NC(=O)NC21CCCCC1. The second-order valence-electron chi connectivity index (χ2n) is 7.45. The number of carbonyl (C=O) groups is 1. The summed E-state index contributed by atoms with van der Waals surface area (Å²) in [5, 5.41) is 24.6. The first-order valence-corrected chi connectivity index (χ1v) is 9.09. The summed E-state index contributed by atoms with van der Waals surface area (Å²) in [5.41, 5.74) is 1.56. The van der Waals surface area contributed by atoms with E-state index in [0.717, 1.165) is 56.3 Å². The van der Waals surface area contributed by atoms with Gasteiger partial charge in [-0.15, -0.1) is 0 Å². The fourth-order valence-corrected chi connectivity index (χ4v) is 4.43. The summed E-state index contributed by atoms with van der Waals surface area (Å²) < 4.78 is 6.23. The van der Waals surface area contributed by atoms with Gasteiger partial charge in [-0.05, 0) is 43.7 Å². The van der Waals surface area contributed by atoms with Crippen LogP contribution >= 0.6 is 0 Å². The van der Waals surface area contributed by atoms with E-state index >= 15 is 0 Å². The predicted molar refractivity (Wildman–Crippen MR) is 92.3 cm³/mol. The Morgan fingerprint density at radius 3 is 2.72 bits per heavy atom. The van der Waals surface area contributed by atoms with Gasteiger partial charge < -0.3 is 20.5 Å². The number of aliphatic hydroxyl groups is 1. The Hall–Kier alpha value is -2.26. The average Bonchev–Trinajstić information content (AvgIpc) is 2.58. The number of anilines is 1. The van der Waals surface area contributed by atoms with Crippen LogP contribution in [0.5, 0.6) is 5.75 Å². The van der Waals surface area contributed by atoms with E-state index in [-0.39, 0.29) is 18.7 Å². The molecule has 1 spiro atoms. The lowest BCUT2D eigenvalue weighted by Crippen LogP contribution is -2.53. The molecule has 1 aromatic carbocycles. The summed E-state index contributed by atoms with van der Waals surface area (Å²) in [6.07, 6.45) is 6.77. The molecular weight excluding hydrogens is 318 g/mol. The first-order valence-electron chi connectivity index (χ1n) is 9.09. The molecule has 2 saturated carbocycles. The highest BCUT2D eigenvalue weighted by Gasteiger charge is 2.44. The maximum Gasteiger partial charge on any atom is 0.319 e. The number of fused-ring (bicyclic) bond motifs is 2. The number of amides is 2. The summed E-state index contributed by atoms with van der Waals surface area (Å²) in [5.74, 6) is 1.07. The van der Waals surface area contributed by atoms with Gasteiger partial charge in [-0.3, -0.25) is 0 Å². The molecule has 6 heteroatoms. The van der Waals surface area contributed by atoms with Crippen LogP contribution < -0.4 is 15.4 Å². The third-order valence-corrected chi connectivity index (χ3v) is 5.81. The zero-order valence-corrected chi connectivity index (χ0v) is 14.2. The Bertz CT molecular complexity index is 728. The molecule has 1 aliphatic heterocycles. The monoisotopic (exact) mass is 341 g/mol. The highest BCUT2D eigenvalue weighted by molar-refractivity contribution is 5.96. The smallest absolute Gasteiger partial charge is 0.319 e. The number of hydrogen-bond acceptors (Lipinski definition) is 4. The van der Waals surface area contributed by atoms with E-state index in [1.54, 1.807) is 6.07 Å². The van der Waals surface area contributed by atoms with Gasteiger partial charge >= 0.3 is 6.03 Å². The molecule has 0 saturated heterocycles. The second-order valence-corrected chi connectivity index (χ2v) is 7.45. The number of carbonyl (C=O) groups excluding carboxylic acids is 1. The summed E-state index contributed by atoms with van der Waals surface area (Å²) in [7, 11) is 0. The number of aliphatic hydroxyl groups excluding tert-OH is 1. The number of ether oxygens (including phenoxy) is 1. The highest BCUT2D eigenvalue weighted by atomic mass is 16.5. The predicted octanol–water partition coefficient (Wildman–Crippen LogP) is 3.00. The van der Waals surface area contributed by atoms with Crippen molar-refractivity contribution < 1.29 is 14.6 Å². The Morgan fingerprint density at radius 1 is 1.28 bits per heavy atom. The third kappa shape index (κ3) is 2.73. The number of hydrogen-bond donors (Lipinski definition) is 3. The van der Waals surface area contributed by atoms with Gasteiger partial charge in [0.1, 0.15) is 11.8 Å². The molecule has 6 nitrogen and oxygen atoms in total. The largest absolute Gasteiger partial charge is 0.490 e. The van der Waals surface area contributed by atoms with Crippen LogP contribution in [0.15, 0.2) is 12.1 Å². The van der Waals surface area contributed by atoms with E-state index in [9.17, 15) is 15.2 Å². The van der Waals surface area contributed by atoms with Crippen molar-refractivity contribution in [1.29, 1.82) is 5.26 Å². The van der Waals surface area contributed by atoms with Crippen molar-refractivity contribution in [2.45, 2.75) is 56.6 Å². The normalized spacial score (nSPS) is 26.6. The van der Waals surface area contributed by atoms with Crippen molar-refractivity contribution in [1.82, 2.24) is 5.32 Å². The standard InChI is InChI=1S/C19H23N3O3/c20-10-13-4-5-15(25-14-8-12(9-14)11-23)16-17(13)21-18(24)22-19(16)6-2-1-3-7-19/h4-5,12,14,23H,1-3,6-9,11H2,(H2,21,22,24). The van der Waals surface area contributed by atoms with E-state index in [2.05, 4.69) is 16.7 Å². The molecule has 132 valence electrons. The topological polar surface area (TPSA) is 94.4 Å². The molecule has 1 heterocycles. The lowest BCUT2D eigenvalue weighted by atomic mass is 9.74. The fourth-order valence-electron chi connectivity index (χ4n) is 4.43. The molecule has 0 aromatic heterocycles. The Morgan fingerprint density at radius 2 is 2.04 bits per heavy atom. The Kier molecular flexibility index (Phi) is 4.04. The summed E-state index contributed by atoms with van der Waals surface area (Å²) >= 11 is 0. The van der Waals surface area contributed by atoms with E-state index in [1.165, 1.54) is 0 Å². The lowest BCUT2D eigenvalue weighted by Gasteiger charge is -2.44. The van der Waals surface area contributed by atoms with Crippen molar-refractivity contribution in [2.75, 3.05) is 11.9 Å². The number of benzene rings is 1. The molecule has 2 aliphatic carbocycles. The third-order valence-electron chi connectivity index (χ3n) is 5.81. The molecule has 1 aromatic rings. The summed E-state index contributed by atoms with van der Waals surface area (Å²) in [6.45, 7) is 0.201. The van der Waals surface area contributed by atoms with Crippen LogP contribution in [0.1, 0.15) is 56.1 Å². The summed E-state index contributed by atoms with van der Waals surface area (Å²) in [6, 6.07) is 5.53. The van der Waals surface area contributed by atoms with Crippen molar-refractivity contribution >= 4 is 11.7 Å². The van der Waals surface area contributed by atoms with Gasteiger partial charge in [-0.1, -0.05) is 19.3 Å². The minimum absolute atomic E-state index is 0.0902. The summed E-state index contributed by atoms with van der Waals surface area (Å²) in [4.78, 5) is 12.2. The zero-order chi connectivity index (χ0) is 17.4. The van der Waals surface area contributed by atoms with E-state index < -0.39 is 5.54 Å². The number of nitrogens with one attached hydrogen (secondary N) is 2. The fraction of sp³-hybridized carbons (Fsp3) is 0.579. The van der Waals surface area contributed by atoms with Crippen molar-refractivity contribution in [3.8, 4) is 11.8 Å². The van der Waals surface area contributed by atoms with Crippen LogP contribution in [0, 0.1) is 17.2 Å². The minimum atomic E-state index is -0.446. The molecule has 25 heavy (non-hydrogen) atoms. The van der Waals surface area contributed by atoms with Gasteiger partial charge in [0, 0.05) is 12.2 Å². The van der Waals surface area contributed by atoms with E-state index in [4.69, 9.17) is 4.74 Å². The van der Waals surface area contributed by atoms with E-state index in [0.29, 0.717) is 17.2 Å². The Balaban J connectivity index is 1.75. The molecule has 0 unspecified atom stereocenters. The maximum atomic E-state index is 12.2. The molecular formula is C19H23N3O3. The van der Waals surface area contributed by atoms with Crippen LogP contribution in [-0.4, -0.2) is 23.8 Å². The van der Waals surface area contributed by atoms with Crippen molar-refractivity contribution in [3.63, 3.8) is 0 Å². The zero-order valence-electron chi connectivity index (χ0n) is 14.2. The number of nitrogens with zero attached hydrogens (tertiary/aromatic N) is 1. The van der Waals surface area contributed by atoms with Gasteiger partial charge in [0.2, 0.25) is 0 Å². The molecule has 3 N–H and O–H groups in total. The van der Waals surface area contributed by atoms with Gasteiger partial charge in [0.25, 0.3) is 0 Å². The van der Waals surface area contributed by atoms with Crippen molar-refractivity contribution in [2.24, 2.45) is 5.92 Å². The number of nitriles is 1. The molecule has 2 fully saturated rings. The van der Waals surface area contributed by atoms with Gasteiger partial charge in [-0.25, -0.2) is 4.79 Å². The number of rotatable bonds is 3. The number of urea groups is 1. The second kappa shape index (κ2) is 6.23. The average molecular weight is 341 g/mol. The van der Waals surface area contributed by atoms with Gasteiger partial charge in [0.05, 0.1) is 22.9 Å². The van der Waals surface area contributed by atoms with Crippen LogP contribution in [-0.2, 0) is 5.54 Å². The molecule has 3 aliphatic rings.